The van der Waals surface area contributed by atoms with E-state index in [1.807, 2.05) is 18.2 Å². The summed E-state index contributed by atoms with van der Waals surface area (Å²) in [5.41, 5.74) is 2.22. The number of nitrogens with zero attached hydrogens (tertiary/aromatic N) is 1. The minimum absolute atomic E-state index is 0.156. The average molecular weight is 558 g/mol. The number of thioether (sulfide) groups is 1. The molecule has 1 fully saturated rings. The smallest absolute Gasteiger partial charge is 0.293 e. The first-order valence-electron chi connectivity index (χ1n) is 10.2. The number of imide groups is 1. The minimum atomic E-state index is -0.348. The highest BCUT2D eigenvalue weighted by atomic mass is 79.9. The number of carbonyl (C=O) groups is 3. The summed E-state index contributed by atoms with van der Waals surface area (Å²) in [6.07, 6.45) is 1.66. The van der Waals surface area contributed by atoms with Crippen LogP contribution in [0.4, 0.5) is 10.5 Å². The van der Waals surface area contributed by atoms with Gasteiger partial charge in [0, 0.05) is 10.7 Å². The Bertz CT molecular complexity index is 1270. The van der Waals surface area contributed by atoms with Crippen molar-refractivity contribution in [1.82, 2.24) is 4.90 Å². The number of carbonyl (C=O) groups excluding carboxylic acids is 3. The number of ether oxygens (including phenoxy) is 1. The van der Waals surface area contributed by atoms with Gasteiger partial charge in [0.25, 0.3) is 17.1 Å². The van der Waals surface area contributed by atoms with Crippen molar-refractivity contribution >= 4 is 68.1 Å². The van der Waals surface area contributed by atoms with Gasteiger partial charge in [-0.05, 0) is 81.3 Å². The molecular weight excluding hydrogens is 540 g/mol. The lowest BCUT2D eigenvalue weighted by Gasteiger charge is -2.12. The topological polar surface area (TPSA) is 75.7 Å². The van der Waals surface area contributed by atoms with E-state index in [0.29, 0.717) is 31.4 Å². The van der Waals surface area contributed by atoms with Crippen LogP contribution in [-0.4, -0.2) is 28.6 Å². The molecule has 1 aliphatic heterocycles. The summed E-state index contributed by atoms with van der Waals surface area (Å²) < 4.78 is 6.22. The number of halogens is 2. The highest BCUT2D eigenvalue weighted by Gasteiger charge is 2.35. The Morgan fingerprint density at radius 2 is 1.79 bits per heavy atom. The number of para-hydroxylation sites is 1. The Morgan fingerprint density at radius 1 is 1.06 bits per heavy atom. The van der Waals surface area contributed by atoms with Gasteiger partial charge in [0.15, 0.2) is 6.61 Å². The Morgan fingerprint density at radius 3 is 2.50 bits per heavy atom. The van der Waals surface area contributed by atoms with E-state index >= 15 is 0 Å². The van der Waals surface area contributed by atoms with E-state index in [4.69, 9.17) is 16.3 Å². The lowest BCUT2D eigenvalue weighted by Crippen LogP contribution is -2.27. The molecule has 1 N–H and O–H groups in total. The van der Waals surface area contributed by atoms with E-state index in [2.05, 4.69) is 21.2 Å². The van der Waals surface area contributed by atoms with E-state index in [0.717, 1.165) is 17.3 Å². The van der Waals surface area contributed by atoms with Gasteiger partial charge in [0.1, 0.15) is 5.75 Å². The van der Waals surface area contributed by atoms with Crippen LogP contribution in [0.15, 0.2) is 82.2 Å². The van der Waals surface area contributed by atoms with E-state index in [9.17, 15) is 14.4 Å². The molecule has 4 rings (SSSR count). The molecule has 0 aliphatic carbocycles. The van der Waals surface area contributed by atoms with Crippen LogP contribution in [0.3, 0.4) is 0 Å². The molecule has 3 aromatic rings. The molecule has 3 aromatic carbocycles. The summed E-state index contributed by atoms with van der Waals surface area (Å²) in [5.74, 6) is -0.147. The Kier molecular flexibility index (Phi) is 7.72. The normalized spacial score (nSPS) is 14.5. The lowest BCUT2D eigenvalue weighted by atomic mass is 10.2. The highest BCUT2D eigenvalue weighted by molar-refractivity contribution is 9.10. The summed E-state index contributed by atoms with van der Waals surface area (Å²) in [6.45, 7) is 0.0249. The van der Waals surface area contributed by atoms with Crippen LogP contribution in [0, 0.1) is 0 Å². The Hall–Kier alpha value is -3.07. The molecule has 1 heterocycles. The van der Waals surface area contributed by atoms with E-state index in [1.54, 1.807) is 60.7 Å². The van der Waals surface area contributed by atoms with Gasteiger partial charge in [-0.1, -0.05) is 48.0 Å². The fourth-order valence-corrected chi connectivity index (χ4v) is 4.62. The van der Waals surface area contributed by atoms with Crippen molar-refractivity contribution in [3.05, 3.63) is 98.3 Å². The monoisotopic (exact) mass is 556 g/mol. The first-order chi connectivity index (χ1) is 16.4. The number of nitrogens with one attached hydrogen (secondary N) is 1. The number of amides is 3. The number of hydrogen-bond acceptors (Lipinski definition) is 5. The molecule has 1 aliphatic rings. The fourth-order valence-electron chi connectivity index (χ4n) is 3.15. The zero-order chi connectivity index (χ0) is 24.1. The van der Waals surface area contributed by atoms with Gasteiger partial charge in [-0.2, -0.15) is 0 Å². The van der Waals surface area contributed by atoms with Gasteiger partial charge in [-0.3, -0.25) is 19.3 Å². The van der Waals surface area contributed by atoms with Crippen LogP contribution in [0.25, 0.3) is 6.08 Å². The Balaban J connectivity index is 1.38. The minimum Gasteiger partial charge on any atom is -0.483 e. The molecule has 0 aromatic heterocycles. The zero-order valence-electron chi connectivity index (χ0n) is 17.7. The maximum Gasteiger partial charge on any atom is 0.293 e. The quantitative estimate of drug-likeness (QED) is 0.342. The van der Waals surface area contributed by atoms with Crippen LogP contribution in [0.1, 0.15) is 11.1 Å². The predicted molar refractivity (Wildman–Crippen MR) is 138 cm³/mol. The maximum atomic E-state index is 12.8. The third kappa shape index (κ3) is 6.08. The van der Waals surface area contributed by atoms with Crippen molar-refractivity contribution in [2.45, 2.75) is 6.54 Å². The molecule has 0 bridgehead atoms. The second-order valence-electron chi connectivity index (χ2n) is 7.29. The number of hydrogen-bond donors (Lipinski definition) is 1. The van der Waals surface area contributed by atoms with Crippen molar-refractivity contribution in [2.24, 2.45) is 0 Å². The summed E-state index contributed by atoms with van der Waals surface area (Å²) in [4.78, 5) is 38.8. The van der Waals surface area contributed by atoms with Gasteiger partial charge >= 0.3 is 0 Å². The van der Waals surface area contributed by atoms with Gasteiger partial charge in [-0.15, -0.1) is 0 Å². The fraction of sp³-hybridized carbons (Fsp3) is 0.0800. The molecule has 0 atom stereocenters. The maximum absolute atomic E-state index is 12.8. The lowest BCUT2D eigenvalue weighted by molar-refractivity contribution is -0.123. The van der Waals surface area contributed by atoms with E-state index in [-0.39, 0.29) is 30.2 Å². The largest absolute Gasteiger partial charge is 0.483 e. The molecule has 34 heavy (non-hydrogen) atoms. The van der Waals surface area contributed by atoms with Crippen molar-refractivity contribution in [2.75, 3.05) is 11.9 Å². The number of rotatable bonds is 7. The van der Waals surface area contributed by atoms with Crippen LogP contribution in [0.5, 0.6) is 5.75 Å². The van der Waals surface area contributed by atoms with Gasteiger partial charge in [0.2, 0.25) is 0 Å². The second-order valence-corrected chi connectivity index (χ2v) is 9.57. The van der Waals surface area contributed by atoms with E-state index < -0.39 is 0 Å². The second kappa shape index (κ2) is 10.9. The molecule has 6 nitrogen and oxygen atoms in total. The van der Waals surface area contributed by atoms with Crippen molar-refractivity contribution in [3.8, 4) is 5.75 Å². The first-order valence-corrected chi connectivity index (χ1v) is 12.1. The standard InChI is InChI=1S/C25H18BrClN2O4S/c26-20-12-17(8-11-21(20)33-15-23(30)28-19-4-2-1-3-5-19)13-22-24(31)29(25(32)34-22)14-16-6-9-18(27)10-7-16/h1-13H,14-15H2,(H,28,30)/b22-13+. The summed E-state index contributed by atoms with van der Waals surface area (Å²) in [6, 6.07) is 21.3. The zero-order valence-corrected chi connectivity index (χ0v) is 20.8. The highest BCUT2D eigenvalue weighted by Crippen LogP contribution is 2.34. The van der Waals surface area contributed by atoms with Gasteiger partial charge in [-0.25, -0.2) is 0 Å². The van der Waals surface area contributed by atoms with E-state index in [1.165, 1.54) is 4.90 Å². The Labute approximate surface area is 214 Å². The van der Waals surface area contributed by atoms with Crippen LogP contribution < -0.4 is 10.1 Å². The molecule has 9 heteroatoms. The van der Waals surface area contributed by atoms with Gasteiger partial charge in [0.05, 0.1) is 15.9 Å². The molecule has 1 saturated heterocycles. The molecule has 0 spiro atoms. The van der Waals surface area contributed by atoms with Gasteiger partial charge < -0.3 is 10.1 Å². The summed E-state index contributed by atoms with van der Waals surface area (Å²) >= 11 is 10.2. The van der Waals surface area contributed by atoms with Crippen molar-refractivity contribution in [1.29, 1.82) is 0 Å². The molecular formula is C25H18BrClN2O4S. The van der Waals surface area contributed by atoms with Crippen LogP contribution in [0.2, 0.25) is 5.02 Å². The van der Waals surface area contributed by atoms with Crippen LogP contribution >= 0.6 is 39.3 Å². The third-order valence-corrected chi connectivity index (χ3v) is 6.58. The molecule has 3 amide bonds. The predicted octanol–water partition coefficient (Wildman–Crippen LogP) is 6.36. The summed E-state index contributed by atoms with van der Waals surface area (Å²) in [7, 11) is 0. The van der Waals surface area contributed by atoms with Crippen molar-refractivity contribution in [3.63, 3.8) is 0 Å². The number of anilines is 1. The molecule has 0 unspecified atom stereocenters. The number of benzene rings is 3. The molecule has 172 valence electrons. The first kappa shape index (κ1) is 24.1. The van der Waals surface area contributed by atoms with Crippen molar-refractivity contribution < 1.29 is 19.1 Å². The van der Waals surface area contributed by atoms with Crippen LogP contribution in [-0.2, 0) is 16.1 Å². The molecule has 0 saturated carbocycles. The SMILES string of the molecule is O=C(COc1ccc(/C=C2/SC(=O)N(Cc3ccc(Cl)cc3)C2=O)cc1Br)Nc1ccccc1. The average Bonchev–Trinajstić information content (AvgIpc) is 3.08. The summed E-state index contributed by atoms with van der Waals surface area (Å²) in [5, 5.41) is 3.02. The third-order valence-electron chi connectivity index (χ3n) is 4.80. The molecule has 0 radical (unpaired) electrons.